The SMILES string of the molecule is C/N=C\C=C\NC1CC1. The summed E-state index contributed by atoms with van der Waals surface area (Å²) >= 11 is 0. The molecule has 1 N–H and O–H groups in total. The molecule has 0 atom stereocenters. The van der Waals surface area contributed by atoms with E-state index in [0.29, 0.717) is 0 Å². The standard InChI is InChI=1S/C7H12N2/c1-8-5-2-6-9-7-3-4-7/h2,5-7,9H,3-4H2,1H3/b6-2+,8-5-. The van der Waals surface area contributed by atoms with Gasteiger partial charge in [-0.05, 0) is 25.1 Å². The fourth-order valence-electron chi connectivity index (χ4n) is 0.571. The van der Waals surface area contributed by atoms with Crippen LogP contribution in [0.15, 0.2) is 17.3 Å². The Morgan fingerprint density at radius 2 is 2.33 bits per heavy atom. The number of allylic oxidation sites excluding steroid dienone is 1. The van der Waals surface area contributed by atoms with Crippen LogP contribution in [0.3, 0.4) is 0 Å². The molecule has 1 fully saturated rings. The fraction of sp³-hybridized carbons (Fsp3) is 0.571. The van der Waals surface area contributed by atoms with Gasteiger partial charge in [0.15, 0.2) is 0 Å². The van der Waals surface area contributed by atoms with E-state index in [4.69, 9.17) is 0 Å². The second kappa shape index (κ2) is 3.28. The predicted molar refractivity (Wildman–Crippen MR) is 39.7 cm³/mol. The van der Waals surface area contributed by atoms with Crippen molar-refractivity contribution in [2.75, 3.05) is 7.05 Å². The summed E-state index contributed by atoms with van der Waals surface area (Å²) in [5.41, 5.74) is 0. The molecule has 0 spiro atoms. The lowest BCUT2D eigenvalue weighted by Crippen LogP contribution is -2.06. The maximum absolute atomic E-state index is 3.80. The quantitative estimate of drug-likeness (QED) is 0.557. The first-order valence-electron chi connectivity index (χ1n) is 3.27. The first kappa shape index (κ1) is 6.33. The Labute approximate surface area is 55.7 Å². The summed E-state index contributed by atoms with van der Waals surface area (Å²) in [5.74, 6) is 0. The maximum Gasteiger partial charge on any atom is 0.0277 e. The molecule has 0 radical (unpaired) electrons. The van der Waals surface area contributed by atoms with Gasteiger partial charge in [0, 0.05) is 19.3 Å². The zero-order valence-electron chi connectivity index (χ0n) is 5.67. The summed E-state index contributed by atoms with van der Waals surface area (Å²) in [4.78, 5) is 3.80. The molecule has 0 aromatic carbocycles. The molecular weight excluding hydrogens is 112 g/mol. The van der Waals surface area contributed by atoms with Crippen molar-refractivity contribution in [1.82, 2.24) is 5.32 Å². The molecule has 2 heteroatoms. The molecule has 0 saturated heterocycles. The van der Waals surface area contributed by atoms with E-state index < -0.39 is 0 Å². The van der Waals surface area contributed by atoms with Crippen LogP contribution in [0.5, 0.6) is 0 Å². The molecule has 0 amide bonds. The normalized spacial score (nSPS) is 19.7. The highest BCUT2D eigenvalue weighted by molar-refractivity contribution is 5.70. The lowest BCUT2D eigenvalue weighted by Gasteiger charge is -1.89. The highest BCUT2D eigenvalue weighted by atomic mass is 14.9. The summed E-state index contributed by atoms with van der Waals surface area (Å²) in [6, 6.07) is 0.756. The summed E-state index contributed by atoms with van der Waals surface area (Å²) in [7, 11) is 1.77. The molecule has 1 aliphatic rings. The molecule has 9 heavy (non-hydrogen) atoms. The highest BCUT2D eigenvalue weighted by Crippen LogP contribution is 2.18. The highest BCUT2D eigenvalue weighted by Gasteiger charge is 2.18. The first-order valence-corrected chi connectivity index (χ1v) is 3.27. The molecule has 0 bridgehead atoms. The topological polar surface area (TPSA) is 24.4 Å². The second-order valence-electron chi connectivity index (χ2n) is 2.21. The van der Waals surface area contributed by atoms with Crippen molar-refractivity contribution in [3.05, 3.63) is 12.3 Å². The Morgan fingerprint density at radius 1 is 1.56 bits per heavy atom. The van der Waals surface area contributed by atoms with Gasteiger partial charge in [-0.1, -0.05) is 0 Å². The minimum Gasteiger partial charge on any atom is -0.388 e. The van der Waals surface area contributed by atoms with Crippen LogP contribution in [0, 0.1) is 0 Å². The molecule has 0 heterocycles. The van der Waals surface area contributed by atoms with E-state index in [0.717, 1.165) is 6.04 Å². The van der Waals surface area contributed by atoms with Gasteiger partial charge in [-0.15, -0.1) is 0 Å². The average molecular weight is 124 g/mol. The van der Waals surface area contributed by atoms with E-state index in [1.165, 1.54) is 12.8 Å². The minimum atomic E-state index is 0.756. The average Bonchev–Trinajstić information content (AvgIpc) is 2.63. The van der Waals surface area contributed by atoms with Gasteiger partial charge >= 0.3 is 0 Å². The van der Waals surface area contributed by atoms with Gasteiger partial charge in [-0.3, -0.25) is 4.99 Å². The van der Waals surface area contributed by atoms with Crippen molar-refractivity contribution in [2.45, 2.75) is 18.9 Å². The van der Waals surface area contributed by atoms with Gasteiger partial charge in [0.1, 0.15) is 0 Å². The van der Waals surface area contributed by atoms with E-state index in [2.05, 4.69) is 10.3 Å². The minimum absolute atomic E-state index is 0.756. The third-order valence-corrected chi connectivity index (χ3v) is 1.24. The predicted octanol–water partition coefficient (Wildman–Crippen LogP) is 0.953. The Hall–Kier alpha value is -0.790. The van der Waals surface area contributed by atoms with Crippen LogP contribution in [-0.2, 0) is 0 Å². The van der Waals surface area contributed by atoms with Crippen molar-refractivity contribution in [3.8, 4) is 0 Å². The number of rotatable bonds is 3. The van der Waals surface area contributed by atoms with E-state index in [1.807, 2.05) is 12.3 Å². The van der Waals surface area contributed by atoms with E-state index >= 15 is 0 Å². The van der Waals surface area contributed by atoms with E-state index in [9.17, 15) is 0 Å². The first-order chi connectivity index (χ1) is 4.43. The molecule has 0 aromatic heterocycles. The van der Waals surface area contributed by atoms with Crippen molar-refractivity contribution in [2.24, 2.45) is 4.99 Å². The molecule has 2 nitrogen and oxygen atoms in total. The summed E-state index contributed by atoms with van der Waals surface area (Å²) < 4.78 is 0. The molecule has 50 valence electrons. The number of nitrogens with one attached hydrogen (secondary N) is 1. The van der Waals surface area contributed by atoms with Gasteiger partial charge in [0.2, 0.25) is 0 Å². The van der Waals surface area contributed by atoms with Gasteiger partial charge in [0.05, 0.1) is 0 Å². The number of nitrogens with zero attached hydrogens (tertiary/aromatic N) is 1. The Kier molecular flexibility index (Phi) is 2.31. The number of hydrogen-bond acceptors (Lipinski definition) is 2. The van der Waals surface area contributed by atoms with Crippen molar-refractivity contribution in [3.63, 3.8) is 0 Å². The molecule has 1 aliphatic carbocycles. The van der Waals surface area contributed by atoms with Gasteiger partial charge in [-0.25, -0.2) is 0 Å². The monoisotopic (exact) mass is 124 g/mol. The van der Waals surface area contributed by atoms with Gasteiger partial charge in [-0.2, -0.15) is 0 Å². The van der Waals surface area contributed by atoms with Crippen LogP contribution < -0.4 is 5.32 Å². The molecule has 1 saturated carbocycles. The van der Waals surface area contributed by atoms with Crippen LogP contribution in [0.25, 0.3) is 0 Å². The Balaban J connectivity index is 2.01. The zero-order valence-corrected chi connectivity index (χ0v) is 5.67. The van der Waals surface area contributed by atoms with Crippen LogP contribution in [0.1, 0.15) is 12.8 Å². The van der Waals surface area contributed by atoms with Crippen LogP contribution >= 0.6 is 0 Å². The molecule has 1 rings (SSSR count). The summed E-state index contributed by atoms with van der Waals surface area (Å²) in [6.45, 7) is 0. The van der Waals surface area contributed by atoms with Crippen LogP contribution in [0.4, 0.5) is 0 Å². The lowest BCUT2D eigenvalue weighted by atomic mass is 10.6. The van der Waals surface area contributed by atoms with Crippen molar-refractivity contribution >= 4 is 6.21 Å². The molecule has 0 aliphatic heterocycles. The number of aliphatic imine (C=N–C) groups is 1. The second-order valence-corrected chi connectivity index (χ2v) is 2.21. The molecule has 0 unspecified atom stereocenters. The Bertz CT molecular complexity index is 123. The largest absolute Gasteiger partial charge is 0.388 e. The lowest BCUT2D eigenvalue weighted by molar-refractivity contribution is 0.864. The van der Waals surface area contributed by atoms with Crippen molar-refractivity contribution < 1.29 is 0 Å². The van der Waals surface area contributed by atoms with Crippen LogP contribution in [0.2, 0.25) is 0 Å². The van der Waals surface area contributed by atoms with E-state index in [1.54, 1.807) is 13.3 Å². The number of hydrogen-bond donors (Lipinski definition) is 1. The fourth-order valence-corrected chi connectivity index (χ4v) is 0.571. The smallest absolute Gasteiger partial charge is 0.0277 e. The molecule has 0 aromatic rings. The third kappa shape index (κ3) is 2.90. The van der Waals surface area contributed by atoms with E-state index in [-0.39, 0.29) is 0 Å². The van der Waals surface area contributed by atoms with Crippen molar-refractivity contribution in [1.29, 1.82) is 0 Å². The Morgan fingerprint density at radius 3 is 2.89 bits per heavy atom. The summed E-state index contributed by atoms with van der Waals surface area (Å²) in [6.07, 6.45) is 8.29. The zero-order chi connectivity index (χ0) is 6.53. The molecular formula is C7H12N2. The van der Waals surface area contributed by atoms with Gasteiger partial charge < -0.3 is 5.32 Å². The summed E-state index contributed by atoms with van der Waals surface area (Å²) in [5, 5.41) is 3.22. The van der Waals surface area contributed by atoms with Crippen LogP contribution in [-0.4, -0.2) is 19.3 Å². The maximum atomic E-state index is 3.80. The van der Waals surface area contributed by atoms with Gasteiger partial charge in [0.25, 0.3) is 0 Å². The third-order valence-electron chi connectivity index (χ3n) is 1.24.